The largest absolute Gasteiger partial charge is 0.487 e. The van der Waals surface area contributed by atoms with Gasteiger partial charge in [-0.25, -0.2) is 4.68 Å². The van der Waals surface area contributed by atoms with Crippen LogP contribution in [0.4, 0.5) is 0 Å². The molecule has 9 nitrogen and oxygen atoms in total. The summed E-state index contributed by atoms with van der Waals surface area (Å²) < 4.78 is 7.70. The number of hydrogen-bond acceptors (Lipinski definition) is 5. The highest BCUT2D eigenvalue weighted by Crippen LogP contribution is 2.30. The van der Waals surface area contributed by atoms with Gasteiger partial charge in [-0.15, -0.1) is 5.10 Å². The van der Waals surface area contributed by atoms with Gasteiger partial charge in [-0.3, -0.25) is 9.59 Å². The van der Waals surface area contributed by atoms with Crippen LogP contribution in [0.15, 0.2) is 36.5 Å². The molecule has 1 unspecified atom stereocenters. The van der Waals surface area contributed by atoms with Crippen molar-refractivity contribution in [3.8, 4) is 5.75 Å². The van der Waals surface area contributed by atoms with Crippen molar-refractivity contribution in [2.75, 3.05) is 26.2 Å². The first-order valence-corrected chi connectivity index (χ1v) is 12.1. The van der Waals surface area contributed by atoms with Crippen molar-refractivity contribution in [3.63, 3.8) is 0 Å². The quantitative estimate of drug-likeness (QED) is 0.608. The average Bonchev–Trinajstić information content (AvgIpc) is 3.30. The number of ether oxygens (including phenoxy) is 1. The van der Waals surface area contributed by atoms with Crippen molar-refractivity contribution < 1.29 is 19.2 Å². The number of benzene rings is 1. The Bertz CT molecular complexity index is 972. The van der Waals surface area contributed by atoms with E-state index < -0.39 is 0 Å². The second-order valence-electron chi connectivity index (χ2n) is 9.74. The fourth-order valence-electron chi connectivity index (χ4n) is 5.81. The molecule has 4 atom stereocenters. The molecule has 4 aliphatic rings. The zero-order valence-electron chi connectivity index (χ0n) is 18.9. The van der Waals surface area contributed by atoms with E-state index in [1.165, 1.54) is 4.90 Å². The number of primary amides is 1. The van der Waals surface area contributed by atoms with Gasteiger partial charge in [0.15, 0.2) is 0 Å². The minimum atomic E-state index is -0.236. The number of rotatable bonds is 7. The SMILES string of the molecule is NC(=O)C1CCN(C(=O)[C@H]2C[NH+]3CC[C@H]2C[C@@H]3Cn2cc(COc3ccccc3)nn2)CC1. The normalized spacial score (nSPS) is 27.5. The van der Waals surface area contributed by atoms with E-state index in [0.29, 0.717) is 44.5 Å². The molecule has 5 heterocycles. The van der Waals surface area contributed by atoms with Gasteiger partial charge in [-0.05, 0) is 30.9 Å². The minimum absolute atomic E-state index is 0.0822. The number of fused-ring (bicyclic) bond motifs is 3. The first kappa shape index (κ1) is 21.9. The summed E-state index contributed by atoms with van der Waals surface area (Å²) in [6, 6.07) is 10.2. The second kappa shape index (κ2) is 9.51. The molecule has 0 spiro atoms. The summed E-state index contributed by atoms with van der Waals surface area (Å²) in [5.41, 5.74) is 6.26. The Morgan fingerprint density at radius 1 is 1.15 bits per heavy atom. The molecule has 3 N–H and O–H groups in total. The van der Waals surface area contributed by atoms with Crippen molar-refractivity contribution in [3.05, 3.63) is 42.2 Å². The van der Waals surface area contributed by atoms with Gasteiger partial charge in [0.25, 0.3) is 0 Å². The van der Waals surface area contributed by atoms with Crippen LogP contribution in [-0.2, 0) is 22.7 Å². The van der Waals surface area contributed by atoms with Crippen LogP contribution in [0.5, 0.6) is 5.75 Å². The van der Waals surface area contributed by atoms with Crippen molar-refractivity contribution in [2.24, 2.45) is 23.5 Å². The minimum Gasteiger partial charge on any atom is -0.487 e. The lowest BCUT2D eigenvalue weighted by atomic mass is 9.74. The summed E-state index contributed by atoms with van der Waals surface area (Å²) in [5.74, 6) is 1.31. The number of nitrogens with zero attached hydrogens (tertiary/aromatic N) is 4. The highest BCUT2D eigenvalue weighted by Gasteiger charge is 2.48. The van der Waals surface area contributed by atoms with Crippen LogP contribution >= 0.6 is 0 Å². The predicted molar refractivity (Wildman–Crippen MR) is 120 cm³/mol. The summed E-state index contributed by atoms with van der Waals surface area (Å²) in [5, 5.41) is 8.58. The molecular weight excluding hydrogens is 420 g/mol. The Balaban J connectivity index is 1.13. The molecule has 1 aromatic carbocycles. The van der Waals surface area contributed by atoms with Gasteiger partial charge in [0.2, 0.25) is 11.8 Å². The molecule has 176 valence electrons. The van der Waals surface area contributed by atoms with E-state index in [9.17, 15) is 9.59 Å². The van der Waals surface area contributed by atoms with E-state index in [1.807, 2.05) is 46.1 Å². The van der Waals surface area contributed by atoms with Gasteiger partial charge in [0.1, 0.15) is 24.1 Å². The second-order valence-corrected chi connectivity index (χ2v) is 9.74. The Morgan fingerprint density at radius 3 is 2.64 bits per heavy atom. The van der Waals surface area contributed by atoms with Crippen LogP contribution < -0.4 is 15.4 Å². The number of carbonyl (C=O) groups is 2. The lowest BCUT2D eigenvalue weighted by Crippen LogP contribution is -3.20. The molecule has 9 heteroatoms. The van der Waals surface area contributed by atoms with Crippen molar-refractivity contribution in [2.45, 2.75) is 44.9 Å². The van der Waals surface area contributed by atoms with Crippen molar-refractivity contribution in [1.82, 2.24) is 19.9 Å². The third kappa shape index (κ3) is 4.88. The molecule has 0 radical (unpaired) electrons. The zero-order chi connectivity index (χ0) is 22.8. The summed E-state index contributed by atoms with van der Waals surface area (Å²) in [6.45, 7) is 4.53. The topological polar surface area (TPSA) is 108 Å². The first-order valence-electron chi connectivity index (χ1n) is 12.1. The number of quaternary nitrogens is 1. The van der Waals surface area contributed by atoms with Crippen molar-refractivity contribution in [1.29, 1.82) is 0 Å². The van der Waals surface area contributed by atoms with E-state index in [1.54, 1.807) is 0 Å². The molecule has 2 aromatic rings. The molecule has 0 saturated carbocycles. The monoisotopic (exact) mass is 453 g/mol. The number of piperidine rings is 4. The Hall–Kier alpha value is -2.94. The van der Waals surface area contributed by atoms with Crippen LogP contribution in [0.3, 0.4) is 0 Å². The van der Waals surface area contributed by atoms with Gasteiger partial charge in [0, 0.05) is 31.8 Å². The maximum atomic E-state index is 13.2. The molecule has 4 fully saturated rings. The standard InChI is InChI=1S/C24H32N6O3/c25-23(31)17-6-9-28(10-7-17)24(32)22-15-29-11-8-18(22)12-20(29)14-30-13-19(26-27-30)16-33-21-4-2-1-3-5-21/h1-5,13,17-18,20,22H,6-12,14-16H2,(H2,25,31)/p+1/t18-,20+,22-/m0/s1. The van der Waals surface area contributed by atoms with Crippen LogP contribution in [-0.4, -0.2) is 63.9 Å². The van der Waals surface area contributed by atoms with E-state index in [4.69, 9.17) is 10.5 Å². The molecule has 2 amide bonds. The van der Waals surface area contributed by atoms with E-state index in [-0.39, 0.29) is 23.7 Å². The van der Waals surface area contributed by atoms with Crippen LogP contribution in [0.1, 0.15) is 31.4 Å². The zero-order valence-corrected chi connectivity index (χ0v) is 18.9. The highest BCUT2D eigenvalue weighted by molar-refractivity contribution is 5.80. The van der Waals surface area contributed by atoms with E-state index in [0.717, 1.165) is 43.9 Å². The van der Waals surface area contributed by atoms with Gasteiger partial charge in [-0.1, -0.05) is 23.4 Å². The number of nitrogens with two attached hydrogens (primary N) is 1. The molecule has 4 aliphatic heterocycles. The third-order valence-electron chi connectivity index (χ3n) is 7.70. The number of aromatic nitrogens is 3. The van der Waals surface area contributed by atoms with Gasteiger partial charge in [0.05, 0.1) is 31.7 Å². The van der Waals surface area contributed by atoms with E-state index in [2.05, 4.69) is 10.3 Å². The predicted octanol–water partition coefficient (Wildman–Crippen LogP) is -0.126. The highest BCUT2D eigenvalue weighted by atomic mass is 16.5. The number of para-hydroxylation sites is 1. The fraction of sp³-hybridized carbons (Fsp3) is 0.583. The summed E-state index contributed by atoms with van der Waals surface area (Å²) in [4.78, 5) is 28.1. The number of carbonyl (C=O) groups excluding carboxylic acids is 2. The molecule has 4 saturated heterocycles. The lowest BCUT2D eigenvalue weighted by molar-refractivity contribution is -0.945. The molecule has 1 aromatic heterocycles. The first-order chi connectivity index (χ1) is 16.1. The third-order valence-corrected chi connectivity index (χ3v) is 7.70. The maximum absolute atomic E-state index is 13.2. The number of hydrogen-bond donors (Lipinski definition) is 2. The van der Waals surface area contributed by atoms with Crippen LogP contribution in [0, 0.1) is 17.8 Å². The Kier molecular flexibility index (Phi) is 6.30. The molecule has 33 heavy (non-hydrogen) atoms. The summed E-state index contributed by atoms with van der Waals surface area (Å²) in [7, 11) is 0. The van der Waals surface area contributed by atoms with Crippen LogP contribution in [0.2, 0.25) is 0 Å². The Labute approximate surface area is 193 Å². The Morgan fingerprint density at radius 2 is 1.94 bits per heavy atom. The number of nitrogens with one attached hydrogen (secondary N) is 1. The lowest BCUT2D eigenvalue weighted by Gasteiger charge is -2.47. The van der Waals surface area contributed by atoms with Gasteiger partial charge < -0.3 is 20.3 Å². The number of likely N-dealkylation sites (tertiary alicyclic amines) is 1. The molecule has 0 aliphatic carbocycles. The molecular formula is C24H33N6O3+. The van der Waals surface area contributed by atoms with Crippen molar-refractivity contribution >= 4 is 11.8 Å². The van der Waals surface area contributed by atoms with Gasteiger partial charge >= 0.3 is 0 Å². The summed E-state index contributed by atoms with van der Waals surface area (Å²) >= 11 is 0. The smallest absolute Gasteiger partial charge is 0.231 e. The van der Waals surface area contributed by atoms with Gasteiger partial charge in [-0.2, -0.15) is 0 Å². The van der Waals surface area contributed by atoms with E-state index >= 15 is 0 Å². The summed E-state index contributed by atoms with van der Waals surface area (Å²) in [6.07, 6.45) is 5.50. The number of amides is 2. The average molecular weight is 454 g/mol. The molecule has 6 rings (SSSR count). The molecule has 2 bridgehead atoms. The maximum Gasteiger partial charge on any atom is 0.231 e. The van der Waals surface area contributed by atoms with Crippen LogP contribution in [0.25, 0.3) is 0 Å². The fourth-order valence-corrected chi connectivity index (χ4v) is 5.81.